The Morgan fingerprint density at radius 2 is 1.69 bits per heavy atom. The summed E-state index contributed by atoms with van der Waals surface area (Å²) >= 11 is 12.6. The lowest BCUT2D eigenvalue weighted by molar-refractivity contribution is -0.139. The molecule has 8 N–H and O–H groups in total. The van der Waals surface area contributed by atoms with Crippen LogP contribution < -0.4 is 32.3 Å². The molecule has 2 aromatic carbocycles. The van der Waals surface area contributed by atoms with E-state index in [4.69, 9.17) is 39.4 Å². The monoisotopic (exact) mass is 579 g/mol. The normalized spacial score (nSPS) is 13.6. The molecule has 39 heavy (non-hydrogen) atoms. The van der Waals surface area contributed by atoms with Gasteiger partial charge < -0.3 is 42.2 Å². The maximum Gasteiger partial charge on any atom is 0.328 e. The zero-order valence-electron chi connectivity index (χ0n) is 20.6. The third-order valence-corrected chi connectivity index (χ3v) is 6.11. The lowest BCUT2D eigenvalue weighted by Gasteiger charge is -2.29. The average Bonchev–Trinajstić information content (AvgIpc) is 2.89. The van der Waals surface area contributed by atoms with Gasteiger partial charge in [0.15, 0.2) is 5.96 Å². The van der Waals surface area contributed by atoms with Crippen molar-refractivity contribution in [1.82, 2.24) is 16.0 Å². The first-order valence-corrected chi connectivity index (χ1v) is 12.4. The summed E-state index contributed by atoms with van der Waals surface area (Å²) in [7, 11) is 0. The Balaban J connectivity index is 1.56. The molecule has 1 saturated heterocycles. The molecular weight excluding hydrogens is 553 g/mol. The molecular formula is C24H27Cl2N7O6. The van der Waals surface area contributed by atoms with Gasteiger partial charge in [-0.15, -0.1) is 0 Å². The van der Waals surface area contributed by atoms with Crippen LogP contribution in [0, 0.1) is 0 Å². The lowest BCUT2D eigenvalue weighted by Crippen LogP contribution is -2.50. The number of hydrogen-bond donors (Lipinski definition) is 6. The van der Waals surface area contributed by atoms with E-state index in [1.807, 2.05) is 4.90 Å². The molecule has 1 atom stereocenters. The third-order valence-electron chi connectivity index (χ3n) is 5.51. The van der Waals surface area contributed by atoms with Crippen LogP contribution in [-0.4, -0.2) is 80.2 Å². The van der Waals surface area contributed by atoms with Gasteiger partial charge in [0.1, 0.15) is 6.04 Å². The van der Waals surface area contributed by atoms with Crippen molar-refractivity contribution in [3.05, 3.63) is 57.6 Å². The number of nitrogens with two attached hydrogens (primary N) is 2. The molecule has 0 aliphatic carbocycles. The molecule has 208 valence electrons. The number of carboxylic acid groups (broad SMARTS) is 1. The maximum atomic E-state index is 12.8. The number of morpholine rings is 1. The smallest absolute Gasteiger partial charge is 0.328 e. The molecule has 1 unspecified atom stereocenters. The first-order valence-electron chi connectivity index (χ1n) is 11.6. The van der Waals surface area contributed by atoms with Crippen molar-refractivity contribution in [2.75, 3.05) is 44.3 Å². The number of ether oxygens (including phenoxy) is 1. The number of anilines is 1. The number of nitrogens with one attached hydrogen (secondary N) is 3. The molecule has 1 aliphatic rings. The second-order valence-electron chi connectivity index (χ2n) is 8.32. The van der Waals surface area contributed by atoms with Crippen LogP contribution in [0.1, 0.15) is 20.7 Å². The number of aliphatic imine (C=N–C) groups is 1. The summed E-state index contributed by atoms with van der Waals surface area (Å²) in [5.41, 5.74) is 11.8. The number of amides is 3. The topological polar surface area (TPSA) is 201 Å². The number of halogens is 2. The SMILES string of the molecule is NC(N)=Nc1cccc(C(=O)NCC(=O)NCC(NC(=O)c2c(Cl)cc(N3CCOCC3)cc2Cl)C(=O)O)c1. The number of carboxylic acids is 1. The zero-order chi connectivity index (χ0) is 28.5. The third kappa shape index (κ3) is 8.46. The molecule has 13 nitrogen and oxygen atoms in total. The number of carbonyl (C=O) groups excluding carboxylic acids is 3. The minimum absolute atomic E-state index is 0.0429. The predicted molar refractivity (Wildman–Crippen MR) is 146 cm³/mol. The fraction of sp³-hybridized carbons (Fsp3) is 0.292. The van der Waals surface area contributed by atoms with Gasteiger partial charge in [0.25, 0.3) is 11.8 Å². The van der Waals surface area contributed by atoms with E-state index in [1.54, 1.807) is 24.3 Å². The van der Waals surface area contributed by atoms with Crippen LogP contribution in [0.3, 0.4) is 0 Å². The molecule has 2 aromatic rings. The summed E-state index contributed by atoms with van der Waals surface area (Å²) in [5.74, 6) is -3.67. The Hall–Kier alpha value is -4.07. The molecule has 3 rings (SSSR count). The van der Waals surface area contributed by atoms with Crippen molar-refractivity contribution in [2.24, 2.45) is 16.5 Å². The summed E-state index contributed by atoms with van der Waals surface area (Å²) in [6.07, 6.45) is 0. The standard InChI is InChI=1S/C24H27Cl2N7O6/c25-16-9-15(33-4-6-39-7-5-33)10-17(26)20(16)22(36)32-18(23(37)38)11-29-19(34)12-30-21(35)13-2-1-3-14(8-13)31-24(27)28/h1-3,8-10,18H,4-7,11-12H2,(H,29,34)(H,30,35)(H,32,36)(H,37,38)(H4,27,28,31). The fourth-order valence-corrected chi connectivity index (χ4v) is 4.27. The number of aliphatic carboxylic acids is 1. The van der Waals surface area contributed by atoms with Gasteiger partial charge in [-0.1, -0.05) is 29.3 Å². The van der Waals surface area contributed by atoms with E-state index in [2.05, 4.69) is 20.9 Å². The van der Waals surface area contributed by atoms with Crippen LogP contribution in [0.5, 0.6) is 0 Å². The van der Waals surface area contributed by atoms with Crippen LogP contribution >= 0.6 is 23.2 Å². The fourth-order valence-electron chi connectivity index (χ4n) is 3.62. The summed E-state index contributed by atoms with van der Waals surface area (Å²) in [6.45, 7) is 1.43. The van der Waals surface area contributed by atoms with Gasteiger partial charge in [-0.05, 0) is 30.3 Å². The summed E-state index contributed by atoms with van der Waals surface area (Å²) in [5, 5.41) is 16.7. The van der Waals surface area contributed by atoms with E-state index in [0.717, 1.165) is 0 Å². The highest BCUT2D eigenvalue weighted by atomic mass is 35.5. The first kappa shape index (κ1) is 29.5. The quantitative estimate of drug-likeness (QED) is 0.171. The van der Waals surface area contributed by atoms with E-state index >= 15 is 0 Å². The number of hydrogen-bond acceptors (Lipinski definition) is 7. The number of guanidine groups is 1. The molecule has 3 amide bonds. The van der Waals surface area contributed by atoms with E-state index < -0.39 is 42.8 Å². The van der Waals surface area contributed by atoms with Crippen molar-refractivity contribution in [1.29, 1.82) is 0 Å². The van der Waals surface area contributed by atoms with Gasteiger partial charge in [-0.2, -0.15) is 0 Å². The largest absolute Gasteiger partial charge is 0.480 e. The van der Waals surface area contributed by atoms with Crippen LogP contribution in [0.15, 0.2) is 41.4 Å². The van der Waals surface area contributed by atoms with E-state index in [0.29, 0.717) is 37.7 Å². The zero-order valence-corrected chi connectivity index (χ0v) is 22.1. The molecule has 0 aromatic heterocycles. The molecule has 15 heteroatoms. The highest BCUT2D eigenvalue weighted by molar-refractivity contribution is 6.40. The average molecular weight is 580 g/mol. The Bertz CT molecular complexity index is 1260. The minimum atomic E-state index is -1.50. The molecule has 1 aliphatic heterocycles. The molecule has 0 saturated carbocycles. The van der Waals surface area contributed by atoms with Gasteiger partial charge in [-0.25, -0.2) is 9.79 Å². The molecule has 1 fully saturated rings. The van der Waals surface area contributed by atoms with Crippen LogP contribution in [-0.2, 0) is 14.3 Å². The van der Waals surface area contributed by atoms with Crippen molar-refractivity contribution >= 4 is 64.2 Å². The van der Waals surface area contributed by atoms with Gasteiger partial charge in [0.05, 0.1) is 41.1 Å². The number of nitrogens with zero attached hydrogens (tertiary/aromatic N) is 2. The van der Waals surface area contributed by atoms with Crippen LogP contribution in [0.25, 0.3) is 0 Å². The van der Waals surface area contributed by atoms with E-state index in [9.17, 15) is 24.3 Å². The number of benzene rings is 2. The second kappa shape index (κ2) is 13.6. The highest BCUT2D eigenvalue weighted by Gasteiger charge is 2.25. The van der Waals surface area contributed by atoms with Crippen molar-refractivity contribution < 1.29 is 29.0 Å². The predicted octanol–water partition coefficient (Wildman–Crippen LogP) is 0.464. The minimum Gasteiger partial charge on any atom is -0.480 e. The summed E-state index contributed by atoms with van der Waals surface area (Å²) < 4.78 is 5.32. The van der Waals surface area contributed by atoms with E-state index in [-0.39, 0.29) is 27.1 Å². The van der Waals surface area contributed by atoms with Crippen molar-refractivity contribution in [3.8, 4) is 0 Å². The summed E-state index contributed by atoms with van der Waals surface area (Å²) in [4.78, 5) is 55.0. The molecule has 0 spiro atoms. The van der Waals surface area contributed by atoms with Gasteiger partial charge in [-0.3, -0.25) is 14.4 Å². The molecule has 1 heterocycles. The van der Waals surface area contributed by atoms with Crippen LogP contribution in [0.2, 0.25) is 10.0 Å². The Labute approximate surface area is 233 Å². The number of rotatable bonds is 10. The molecule has 0 bridgehead atoms. The Kier molecular flexibility index (Phi) is 10.3. The van der Waals surface area contributed by atoms with E-state index in [1.165, 1.54) is 12.1 Å². The maximum absolute atomic E-state index is 12.8. The highest BCUT2D eigenvalue weighted by Crippen LogP contribution is 2.31. The number of carbonyl (C=O) groups is 4. The van der Waals surface area contributed by atoms with Crippen molar-refractivity contribution in [2.45, 2.75) is 6.04 Å². The lowest BCUT2D eigenvalue weighted by atomic mass is 10.1. The van der Waals surface area contributed by atoms with Gasteiger partial charge in [0.2, 0.25) is 5.91 Å². The van der Waals surface area contributed by atoms with Crippen LogP contribution in [0.4, 0.5) is 11.4 Å². The van der Waals surface area contributed by atoms with Crippen molar-refractivity contribution in [3.63, 3.8) is 0 Å². The molecule has 0 radical (unpaired) electrons. The summed E-state index contributed by atoms with van der Waals surface area (Å²) in [6, 6.07) is 7.71. The van der Waals surface area contributed by atoms with Gasteiger partial charge in [0, 0.05) is 30.9 Å². The Morgan fingerprint density at radius 1 is 1.03 bits per heavy atom. The second-order valence-corrected chi connectivity index (χ2v) is 9.14. The first-order chi connectivity index (χ1) is 18.5. The van der Waals surface area contributed by atoms with Gasteiger partial charge >= 0.3 is 5.97 Å². The Morgan fingerprint density at radius 3 is 2.31 bits per heavy atom.